The summed E-state index contributed by atoms with van der Waals surface area (Å²) in [5.74, 6) is -0.213. The average Bonchev–Trinajstić information content (AvgIpc) is 2.22. The van der Waals surface area contributed by atoms with Crippen LogP contribution in [0.4, 0.5) is 0 Å². The predicted molar refractivity (Wildman–Crippen MR) is 58.5 cm³/mol. The predicted octanol–water partition coefficient (Wildman–Crippen LogP) is 2.19. The molecule has 0 bridgehead atoms. The Bertz CT molecular complexity index is 207. The van der Waals surface area contributed by atoms with Crippen LogP contribution in [0.3, 0.4) is 0 Å². The molecular weight excluding hydrogens is 225 g/mol. The number of methoxy groups -OCH3 is 1. The van der Waals surface area contributed by atoms with E-state index in [1.165, 1.54) is 12.6 Å². The monoisotopic (exact) mass is 239 g/mol. The summed E-state index contributed by atoms with van der Waals surface area (Å²) in [6.45, 7) is 4.01. The molecule has 0 saturated carbocycles. The fourth-order valence-electron chi connectivity index (χ4n) is 0.949. The largest absolute Gasteiger partial charge is 0.469 e. The number of nitrogens with zero attached hydrogens (tertiary/aromatic N) is 1. The zero-order valence-corrected chi connectivity index (χ0v) is 9.94. The van der Waals surface area contributed by atoms with Gasteiger partial charge in [-0.1, -0.05) is 30.1 Å². The molecule has 0 aliphatic heterocycles. The van der Waals surface area contributed by atoms with Gasteiger partial charge >= 0.3 is 5.97 Å². The Labute approximate surface area is 94.6 Å². The summed E-state index contributed by atoms with van der Waals surface area (Å²) in [5.41, 5.74) is 1.34. The van der Waals surface area contributed by atoms with Gasteiger partial charge in [0.2, 0.25) is 0 Å². The number of rotatable bonds is 6. The molecule has 0 aromatic heterocycles. The van der Waals surface area contributed by atoms with Crippen molar-refractivity contribution in [2.24, 2.45) is 0 Å². The normalized spacial score (nSPS) is 11.9. The lowest BCUT2D eigenvalue weighted by Crippen LogP contribution is -2.27. The number of esters is 1. The topological polar surface area (TPSA) is 29.5 Å². The molecule has 0 fully saturated rings. The van der Waals surface area contributed by atoms with Gasteiger partial charge in [0, 0.05) is 23.7 Å². The second kappa shape index (κ2) is 8.09. The molecule has 0 atom stereocenters. The first-order valence-electron chi connectivity index (χ1n) is 4.38. The van der Waals surface area contributed by atoms with Gasteiger partial charge in [0.05, 0.1) is 13.5 Å². The number of halogens is 2. The van der Waals surface area contributed by atoms with Gasteiger partial charge in [-0.3, -0.25) is 9.69 Å². The molecule has 3 nitrogen and oxygen atoms in total. The van der Waals surface area contributed by atoms with Crippen LogP contribution < -0.4 is 0 Å². The number of ether oxygens (including phenoxy) is 1. The number of carbonyl (C=O) groups is 1. The van der Waals surface area contributed by atoms with Gasteiger partial charge in [-0.15, -0.1) is 0 Å². The number of hydrogen-bond acceptors (Lipinski definition) is 3. The molecule has 0 radical (unpaired) electrons. The van der Waals surface area contributed by atoms with Crippen molar-refractivity contribution in [1.82, 2.24) is 4.90 Å². The van der Waals surface area contributed by atoms with E-state index in [1.807, 2.05) is 11.8 Å². The Morgan fingerprint density at radius 2 is 2.21 bits per heavy atom. The fourth-order valence-corrected chi connectivity index (χ4v) is 1.19. The van der Waals surface area contributed by atoms with E-state index in [1.54, 1.807) is 0 Å². The summed E-state index contributed by atoms with van der Waals surface area (Å²) in [5, 5.41) is 0.568. The van der Waals surface area contributed by atoms with Crippen molar-refractivity contribution in [2.45, 2.75) is 13.3 Å². The molecule has 0 heterocycles. The minimum Gasteiger partial charge on any atom is -0.469 e. The Balaban J connectivity index is 3.85. The molecule has 0 spiro atoms. The van der Waals surface area contributed by atoms with Crippen LogP contribution in [0.2, 0.25) is 0 Å². The van der Waals surface area contributed by atoms with Gasteiger partial charge in [-0.2, -0.15) is 0 Å². The molecule has 0 amide bonds. The van der Waals surface area contributed by atoms with Crippen molar-refractivity contribution in [3.05, 3.63) is 10.6 Å². The first kappa shape index (κ1) is 13.8. The number of hydrogen-bond donors (Lipinski definition) is 0. The third-order valence-electron chi connectivity index (χ3n) is 1.80. The van der Waals surface area contributed by atoms with Crippen LogP contribution in [0.25, 0.3) is 0 Å². The van der Waals surface area contributed by atoms with E-state index in [2.05, 4.69) is 4.74 Å². The molecule has 0 N–H and O–H groups in total. The highest BCUT2D eigenvalue weighted by atomic mass is 35.5. The third kappa shape index (κ3) is 6.24. The maximum Gasteiger partial charge on any atom is 0.306 e. The Kier molecular flexibility index (Phi) is 7.95. The summed E-state index contributed by atoms with van der Waals surface area (Å²) in [6, 6.07) is 0. The zero-order chi connectivity index (χ0) is 11.0. The summed E-state index contributed by atoms with van der Waals surface area (Å²) < 4.78 is 4.54. The summed E-state index contributed by atoms with van der Waals surface area (Å²) in [7, 11) is 1.38. The van der Waals surface area contributed by atoms with Crippen molar-refractivity contribution < 1.29 is 9.53 Å². The molecule has 0 saturated heterocycles. The van der Waals surface area contributed by atoms with Crippen molar-refractivity contribution in [3.8, 4) is 0 Å². The number of carbonyl (C=O) groups excluding carboxylic acids is 1. The van der Waals surface area contributed by atoms with E-state index in [9.17, 15) is 4.79 Å². The average molecular weight is 240 g/mol. The second-order valence-corrected chi connectivity index (χ2v) is 3.45. The lowest BCUT2D eigenvalue weighted by Gasteiger charge is -2.18. The highest BCUT2D eigenvalue weighted by Crippen LogP contribution is 2.06. The fraction of sp³-hybridized carbons (Fsp3) is 0.667. The lowest BCUT2D eigenvalue weighted by molar-refractivity contribution is -0.140. The smallest absolute Gasteiger partial charge is 0.306 e. The number of likely N-dealkylation sites (N-methyl/N-ethyl adjacent to an activating group) is 1. The second-order valence-electron chi connectivity index (χ2n) is 2.75. The SMILES string of the molecule is CCN(CCC(=O)OC)CC(Cl)=CCl. The highest BCUT2D eigenvalue weighted by molar-refractivity contribution is 6.36. The van der Waals surface area contributed by atoms with Crippen LogP contribution in [0.5, 0.6) is 0 Å². The molecule has 0 unspecified atom stereocenters. The Hall–Kier alpha value is -0.250. The summed E-state index contributed by atoms with van der Waals surface area (Å²) in [6.07, 6.45) is 0.372. The van der Waals surface area contributed by atoms with Crippen LogP contribution in [0, 0.1) is 0 Å². The Morgan fingerprint density at radius 1 is 1.57 bits per heavy atom. The molecule has 0 aliphatic rings. The minimum atomic E-state index is -0.213. The first-order chi connectivity index (χ1) is 6.63. The van der Waals surface area contributed by atoms with Crippen LogP contribution >= 0.6 is 23.2 Å². The third-order valence-corrected chi connectivity index (χ3v) is 2.40. The molecule has 0 aromatic carbocycles. The van der Waals surface area contributed by atoms with Gasteiger partial charge in [0.1, 0.15) is 0 Å². The van der Waals surface area contributed by atoms with Gasteiger partial charge in [-0.05, 0) is 6.54 Å². The summed E-state index contributed by atoms with van der Waals surface area (Å²) in [4.78, 5) is 12.9. The molecular formula is C9H15Cl2NO2. The minimum absolute atomic E-state index is 0.213. The van der Waals surface area contributed by atoms with E-state index >= 15 is 0 Å². The quantitative estimate of drug-likeness (QED) is 0.666. The first-order valence-corrected chi connectivity index (χ1v) is 5.19. The van der Waals surface area contributed by atoms with Crippen molar-refractivity contribution in [1.29, 1.82) is 0 Å². The Morgan fingerprint density at radius 3 is 2.64 bits per heavy atom. The van der Waals surface area contributed by atoms with E-state index in [0.717, 1.165) is 6.54 Å². The van der Waals surface area contributed by atoms with Crippen molar-refractivity contribution >= 4 is 29.2 Å². The molecule has 82 valence electrons. The molecule has 0 aliphatic carbocycles. The zero-order valence-electron chi connectivity index (χ0n) is 8.43. The summed E-state index contributed by atoms with van der Waals surface area (Å²) >= 11 is 11.2. The van der Waals surface area contributed by atoms with E-state index in [-0.39, 0.29) is 5.97 Å². The van der Waals surface area contributed by atoms with Crippen molar-refractivity contribution in [2.75, 3.05) is 26.7 Å². The standard InChI is InChI=1S/C9H15Cl2NO2/c1-3-12(7-8(11)6-10)5-4-9(13)14-2/h6H,3-5,7H2,1-2H3. The van der Waals surface area contributed by atoms with Gasteiger partial charge in [-0.25, -0.2) is 0 Å². The van der Waals surface area contributed by atoms with E-state index in [4.69, 9.17) is 23.2 Å². The lowest BCUT2D eigenvalue weighted by atomic mass is 10.3. The van der Waals surface area contributed by atoms with E-state index in [0.29, 0.717) is 24.5 Å². The van der Waals surface area contributed by atoms with Crippen LogP contribution in [0.15, 0.2) is 10.6 Å². The van der Waals surface area contributed by atoms with Gasteiger partial charge < -0.3 is 4.74 Å². The molecule has 5 heteroatoms. The van der Waals surface area contributed by atoms with E-state index < -0.39 is 0 Å². The van der Waals surface area contributed by atoms with Gasteiger partial charge in [0.25, 0.3) is 0 Å². The van der Waals surface area contributed by atoms with Crippen molar-refractivity contribution in [3.63, 3.8) is 0 Å². The molecule has 14 heavy (non-hydrogen) atoms. The highest BCUT2D eigenvalue weighted by Gasteiger charge is 2.07. The van der Waals surface area contributed by atoms with Crippen LogP contribution in [-0.4, -0.2) is 37.6 Å². The van der Waals surface area contributed by atoms with Crippen LogP contribution in [-0.2, 0) is 9.53 Å². The molecule has 0 rings (SSSR count). The maximum absolute atomic E-state index is 10.9. The molecule has 0 aromatic rings. The maximum atomic E-state index is 10.9. The van der Waals surface area contributed by atoms with Gasteiger partial charge in [0.15, 0.2) is 0 Å². The van der Waals surface area contributed by atoms with Crippen LogP contribution in [0.1, 0.15) is 13.3 Å².